The third-order valence-corrected chi connectivity index (χ3v) is 9.38. The molecule has 0 aromatic heterocycles. The van der Waals surface area contributed by atoms with Crippen molar-refractivity contribution in [2.24, 2.45) is 17.8 Å². The van der Waals surface area contributed by atoms with Gasteiger partial charge in [0, 0.05) is 19.4 Å². The molecule has 0 bridgehead atoms. The van der Waals surface area contributed by atoms with Gasteiger partial charge in [-0.25, -0.2) is 0 Å². The first-order valence-electron chi connectivity index (χ1n) is 13.3. The van der Waals surface area contributed by atoms with Crippen LogP contribution in [-0.2, 0) is 35.1 Å². The second-order valence-electron chi connectivity index (χ2n) is 10.7. The lowest BCUT2D eigenvalue weighted by atomic mass is 9.93. The summed E-state index contributed by atoms with van der Waals surface area (Å²) < 4.78 is 50.2. The second kappa shape index (κ2) is 11.3. The van der Waals surface area contributed by atoms with E-state index in [0.717, 1.165) is 57.1 Å². The molecule has 2 aliphatic carbocycles. The summed E-state index contributed by atoms with van der Waals surface area (Å²) in [5.74, 6) is 0.207. The third kappa shape index (κ3) is 6.03. The fraction of sp³-hybridized carbons (Fsp3) is 0.586. The quantitative estimate of drug-likeness (QED) is 0.286. The van der Waals surface area contributed by atoms with Crippen molar-refractivity contribution in [2.45, 2.75) is 75.3 Å². The SMILES string of the molecule is Cc1ccc(S(=O)(=O)O[C@@H]2[C@@H](CCCCCOCc3ccccc3)C[C@H]3CC4(C[C@H]32)OCCO4)cc1. The summed E-state index contributed by atoms with van der Waals surface area (Å²) >= 11 is 0. The standard InChI is InChI=1S/C29H38O6S/c1-22-11-13-26(14-12-22)36(30,31)35-28-24(18-25-19-29(20-27(25)28)33-16-17-34-29)10-6-3-7-15-32-21-23-8-4-2-5-9-23/h2,4-5,8-9,11-14,24-25,27-28H,3,6-7,10,15-21H2,1H3/t24-,25-,27+,28+/m0/s1. The highest BCUT2D eigenvalue weighted by atomic mass is 32.2. The normalized spacial score (nSPS) is 27.0. The van der Waals surface area contributed by atoms with Crippen LogP contribution in [0.5, 0.6) is 0 Å². The topological polar surface area (TPSA) is 71.1 Å². The van der Waals surface area contributed by atoms with E-state index in [4.69, 9.17) is 18.4 Å². The van der Waals surface area contributed by atoms with Crippen LogP contribution in [0.15, 0.2) is 59.5 Å². The first-order chi connectivity index (χ1) is 17.4. The number of ether oxygens (including phenoxy) is 3. The highest BCUT2D eigenvalue weighted by Crippen LogP contribution is 2.56. The fourth-order valence-corrected chi connectivity index (χ4v) is 7.47. The Labute approximate surface area is 215 Å². The molecule has 1 heterocycles. The van der Waals surface area contributed by atoms with E-state index in [0.29, 0.717) is 25.7 Å². The Morgan fingerprint density at radius 2 is 1.69 bits per heavy atom. The van der Waals surface area contributed by atoms with Crippen LogP contribution in [0.2, 0.25) is 0 Å². The van der Waals surface area contributed by atoms with Crippen molar-refractivity contribution in [3.63, 3.8) is 0 Å². The van der Waals surface area contributed by atoms with Gasteiger partial charge >= 0.3 is 0 Å². The number of unbranched alkanes of at least 4 members (excludes halogenated alkanes) is 2. The van der Waals surface area contributed by atoms with Gasteiger partial charge in [0.25, 0.3) is 10.1 Å². The summed E-state index contributed by atoms with van der Waals surface area (Å²) in [5.41, 5.74) is 2.21. The van der Waals surface area contributed by atoms with E-state index < -0.39 is 15.9 Å². The van der Waals surface area contributed by atoms with Crippen molar-refractivity contribution in [3.05, 3.63) is 65.7 Å². The molecule has 6 nitrogen and oxygen atoms in total. The molecule has 2 aromatic rings. The van der Waals surface area contributed by atoms with Gasteiger partial charge in [-0.1, -0.05) is 60.9 Å². The Morgan fingerprint density at radius 1 is 0.944 bits per heavy atom. The molecule has 4 atom stereocenters. The van der Waals surface area contributed by atoms with E-state index in [1.807, 2.05) is 37.3 Å². The lowest BCUT2D eigenvalue weighted by Gasteiger charge is -2.28. The van der Waals surface area contributed by atoms with E-state index in [2.05, 4.69) is 12.1 Å². The van der Waals surface area contributed by atoms with Crippen molar-refractivity contribution < 1.29 is 26.8 Å². The van der Waals surface area contributed by atoms with E-state index >= 15 is 0 Å². The average molecular weight is 515 g/mol. The maximum Gasteiger partial charge on any atom is 0.297 e. The highest BCUT2D eigenvalue weighted by molar-refractivity contribution is 7.86. The van der Waals surface area contributed by atoms with Crippen molar-refractivity contribution in [2.75, 3.05) is 19.8 Å². The molecule has 3 aliphatic rings. The minimum Gasteiger partial charge on any atom is -0.377 e. The summed E-state index contributed by atoms with van der Waals surface area (Å²) in [4.78, 5) is 0.229. The maximum atomic E-state index is 13.2. The number of hydrogen-bond donors (Lipinski definition) is 0. The van der Waals surface area contributed by atoms with Crippen LogP contribution >= 0.6 is 0 Å². The number of hydrogen-bond acceptors (Lipinski definition) is 6. The van der Waals surface area contributed by atoms with Gasteiger partial charge in [-0.15, -0.1) is 0 Å². The van der Waals surface area contributed by atoms with Crippen LogP contribution in [0.4, 0.5) is 0 Å². The molecule has 5 rings (SSSR count). The molecule has 2 aromatic carbocycles. The molecular formula is C29H38O6S. The van der Waals surface area contributed by atoms with Crippen LogP contribution in [0.1, 0.15) is 56.1 Å². The van der Waals surface area contributed by atoms with Crippen LogP contribution in [0.3, 0.4) is 0 Å². The molecular weight excluding hydrogens is 476 g/mol. The lowest BCUT2D eigenvalue weighted by Crippen LogP contribution is -2.33. The Hall–Kier alpha value is -1.77. The van der Waals surface area contributed by atoms with E-state index in [1.54, 1.807) is 12.1 Å². The monoisotopic (exact) mass is 514 g/mol. The molecule has 0 radical (unpaired) electrons. The molecule has 0 N–H and O–H groups in total. The van der Waals surface area contributed by atoms with Crippen LogP contribution in [-0.4, -0.2) is 40.1 Å². The van der Waals surface area contributed by atoms with E-state index in [-0.39, 0.29) is 22.8 Å². The number of aryl methyl sites for hydroxylation is 1. The zero-order chi connectivity index (χ0) is 25.0. The van der Waals surface area contributed by atoms with Crippen LogP contribution < -0.4 is 0 Å². The molecule has 0 unspecified atom stereocenters. The molecule has 3 fully saturated rings. The summed E-state index contributed by atoms with van der Waals surface area (Å²) in [6, 6.07) is 17.1. The molecule has 1 saturated heterocycles. The second-order valence-corrected chi connectivity index (χ2v) is 12.2. The van der Waals surface area contributed by atoms with Crippen LogP contribution in [0.25, 0.3) is 0 Å². The first-order valence-corrected chi connectivity index (χ1v) is 14.7. The number of benzene rings is 2. The smallest absolute Gasteiger partial charge is 0.297 e. The zero-order valence-electron chi connectivity index (χ0n) is 21.1. The largest absolute Gasteiger partial charge is 0.377 e. The van der Waals surface area contributed by atoms with Gasteiger partial charge in [-0.2, -0.15) is 8.42 Å². The minimum atomic E-state index is -3.84. The predicted octanol–water partition coefficient (Wildman–Crippen LogP) is 5.64. The van der Waals surface area contributed by atoms with E-state index in [1.165, 1.54) is 5.56 Å². The van der Waals surface area contributed by atoms with Crippen LogP contribution in [0, 0.1) is 24.7 Å². The molecule has 1 aliphatic heterocycles. The maximum absolute atomic E-state index is 13.2. The van der Waals surface area contributed by atoms with Crippen molar-refractivity contribution >= 4 is 10.1 Å². The molecule has 7 heteroatoms. The van der Waals surface area contributed by atoms with Crippen molar-refractivity contribution in [1.82, 2.24) is 0 Å². The summed E-state index contributed by atoms with van der Waals surface area (Å²) in [6.07, 6.45) is 6.27. The van der Waals surface area contributed by atoms with Gasteiger partial charge in [0.2, 0.25) is 0 Å². The minimum absolute atomic E-state index is 0.141. The van der Waals surface area contributed by atoms with Gasteiger partial charge in [-0.05, 0) is 61.6 Å². The summed E-state index contributed by atoms with van der Waals surface area (Å²) in [7, 11) is -3.84. The highest BCUT2D eigenvalue weighted by Gasteiger charge is 2.57. The molecule has 196 valence electrons. The fourth-order valence-electron chi connectivity index (χ4n) is 6.30. The Morgan fingerprint density at radius 3 is 2.44 bits per heavy atom. The summed E-state index contributed by atoms with van der Waals surface area (Å²) in [6.45, 7) is 4.56. The van der Waals surface area contributed by atoms with Crippen molar-refractivity contribution in [1.29, 1.82) is 0 Å². The molecule has 36 heavy (non-hydrogen) atoms. The number of fused-ring (bicyclic) bond motifs is 1. The molecule has 0 amide bonds. The van der Waals surface area contributed by atoms with Gasteiger partial charge in [0.1, 0.15) is 0 Å². The average Bonchev–Trinajstić information content (AvgIpc) is 3.55. The lowest BCUT2D eigenvalue weighted by molar-refractivity contribution is -0.158. The van der Waals surface area contributed by atoms with Crippen molar-refractivity contribution in [3.8, 4) is 0 Å². The predicted molar refractivity (Wildman–Crippen MR) is 137 cm³/mol. The molecule has 2 saturated carbocycles. The van der Waals surface area contributed by atoms with Gasteiger partial charge < -0.3 is 14.2 Å². The zero-order valence-corrected chi connectivity index (χ0v) is 22.0. The Kier molecular flexibility index (Phi) is 8.13. The van der Waals surface area contributed by atoms with Gasteiger partial charge in [0.05, 0.1) is 30.8 Å². The third-order valence-electron chi connectivity index (χ3n) is 8.05. The van der Waals surface area contributed by atoms with Gasteiger partial charge in [0.15, 0.2) is 5.79 Å². The van der Waals surface area contributed by atoms with Gasteiger partial charge in [-0.3, -0.25) is 4.18 Å². The Bertz CT molecular complexity index is 1080. The molecule has 1 spiro atoms. The summed E-state index contributed by atoms with van der Waals surface area (Å²) in [5, 5.41) is 0. The van der Waals surface area contributed by atoms with E-state index in [9.17, 15) is 8.42 Å². The Balaban J connectivity index is 1.16. The number of rotatable bonds is 11. The first kappa shape index (κ1) is 25.9.